The van der Waals surface area contributed by atoms with Gasteiger partial charge in [0.2, 0.25) is 0 Å². The number of aryl methyl sites for hydroxylation is 1. The van der Waals surface area contributed by atoms with Crippen molar-refractivity contribution >= 4 is 15.9 Å². The third-order valence-electron chi connectivity index (χ3n) is 2.89. The molecule has 1 aliphatic carbocycles. The Balaban J connectivity index is 2.00. The van der Waals surface area contributed by atoms with Crippen molar-refractivity contribution in [3.63, 3.8) is 0 Å². The smallest absolute Gasteiger partial charge is 0.172 e. The molecule has 0 unspecified atom stereocenters. The zero-order valence-electron chi connectivity index (χ0n) is 9.08. The molecule has 0 spiro atoms. The lowest BCUT2D eigenvalue weighted by Crippen LogP contribution is -2.19. The summed E-state index contributed by atoms with van der Waals surface area (Å²) in [7, 11) is 0. The number of nitrogens with zero attached hydrogens (tertiary/aromatic N) is 2. The van der Waals surface area contributed by atoms with Crippen LogP contribution in [0.5, 0.6) is 5.75 Å². The fourth-order valence-electron chi connectivity index (χ4n) is 2.02. The monoisotopic (exact) mass is 272 g/mol. The Morgan fingerprint density at radius 1 is 1.47 bits per heavy atom. The molecule has 0 N–H and O–H groups in total. The number of aromatic nitrogens is 2. The van der Waals surface area contributed by atoms with Crippen molar-refractivity contribution in [2.24, 2.45) is 0 Å². The van der Waals surface area contributed by atoms with Gasteiger partial charge in [-0.3, -0.25) is 4.68 Å². The maximum absolute atomic E-state index is 5.94. The second-order valence-corrected chi connectivity index (χ2v) is 4.74. The summed E-state index contributed by atoms with van der Waals surface area (Å²) in [6.07, 6.45) is 8.52. The van der Waals surface area contributed by atoms with Crippen molar-refractivity contribution in [1.82, 2.24) is 9.78 Å². The van der Waals surface area contributed by atoms with Crippen molar-refractivity contribution in [3.05, 3.63) is 10.8 Å². The van der Waals surface area contributed by atoms with Gasteiger partial charge in [-0.1, -0.05) is 6.42 Å². The van der Waals surface area contributed by atoms with Gasteiger partial charge in [0.15, 0.2) is 5.75 Å². The molecule has 4 heteroatoms. The Labute approximate surface area is 98.9 Å². The molecule has 0 atom stereocenters. The molecule has 0 aromatic carbocycles. The van der Waals surface area contributed by atoms with E-state index >= 15 is 0 Å². The van der Waals surface area contributed by atoms with Gasteiger partial charge >= 0.3 is 0 Å². The van der Waals surface area contributed by atoms with E-state index in [2.05, 4.69) is 28.0 Å². The zero-order chi connectivity index (χ0) is 10.7. The van der Waals surface area contributed by atoms with E-state index in [0.29, 0.717) is 6.10 Å². The van der Waals surface area contributed by atoms with Crippen LogP contribution in [0.2, 0.25) is 0 Å². The van der Waals surface area contributed by atoms with Crippen LogP contribution in [0.4, 0.5) is 0 Å². The van der Waals surface area contributed by atoms with Gasteiger partial charge < -0.3 is 4.74 Å². The molecule has 2 rings (SSSR count). The van der Waals surface area contributed by atoms with Crippen LogP contribution >= 0.6 is 15.9 Å². The predicted octanol–water partition coefficient (Wildman–Crippen LogP) is 3.38. The maximum atomic E-state index is 5.94. The summed E-state index contributed by atoms with van der Waals surface area (Å²) in [4.78, 5) is 0. The summed E-state index contributed by atoms with van der Waals surface area (Å²) >= 11 is 3.51. The van der Waals surface area contributed by atoms with E-state index < -0.39 is 0 Å². The minimum atomic E-state index is 0.393. The molecule has 1 aliphatic rings. The van der Waals surface area contributed by atoms with Gasteiger partial charge in [-0.05, 0) is 48.5 Å². The molecule has 0 amide bonds. The molecular formula is C11H17BrN2O. The van der Waals surface area contributed by atoms with Gasteiger partial charge in [0.25, 0.3) is 0 Å². The SMILES string of the molecule is CCn1ncc(OC2CCCCC2)c1Br. The molecule has 0 bridgehead atoms. The van der Waals surface area contributed by atoms with E-state index in [1.807, 2.05) is 10.9 Å². The number of halogens is 1. The Morgan fingerprint density at radius 3 is 2.80 bits per heavy atom. The third-order valence-corrected chi connectivity index (χ3v) is 3.69. The topological polar surface area (TPSA) is 27.1 Å². The fraction of sp³-hybridized carbons (Fsp3) is 0.727. The first-order valence-corrected chi connectivity index (χ1v) is 6.48. The van der Waals surface area contributed by atoms with Crippen molar-refractivity contribution in [1.29, 1.82) is 0 Å². The average Bonchev–Trinajstić information content (AvgIpc) is 2.62. The highest BCUT2D eigenvalue weighted by Gasteiger charge is 2.17. The fourth-order valence-corrected chi connectivity index (χ4v) is 2.55. The van der Waals surface area contributed by atoms with Crippen LogP contribution in [0.25, 0.3) is 0 Å². The van der Waals surface area contributed by atoms with Crippen molar-refractivity contribution in [2.45, 2.75) is 51.7 Å². The quantitative estimate of drug-likeness (QED) is 0.844. The molecule has 0 radical (unpaired) electrons. The molecule has 1 aromatic heterocycles. The van der Waals surface area contributed by atoms with Gasteiger partial charge in [-0.15, -0.1) is 0 Å². The van der Waals surface area contributed by atoms with Crippen LogP contribution in [0.1, 0.15) is 39.0 Å². The molecule has 1 saturated carbocycles. The Hall–Kier alpha value is -0.510. The number of ether oxygens (including phenoxy) is 1. The van der Waals surface area contributed by atoms with E-state index in [9.17, 15) is 0 Å². The maximum Gasteiger partial charge on any atom is 0.172 e. The van der Waals surface area contributed by atoms with Crippen molar-refractivity contribution < 1.29 is 4.74 Å². The van der Waals surface area contributed by atoms with Gasteiger partial charge in [-0.25, -0.2) is 0 Å². The van der Waals surface area contributed by atoms with E-state index in [1.54, 1.807) is 0 Å². The molecule has 3 nitrogen and oxygen atoms in total. The minimum absolute atomic E-state index is 0.393. The van der Waals surface area contributed by atoms with Gasteiger partial charge in [-0.2, -0.15) is 5.10 Å². The lowest BCUT2D eigenvalue weighted by Gasteiger charge is -2.22. The molecule has 1 fully saturated rings. The average molecular weight is 273 g/mol. The highest BCUT2D eigenvalue weighted by molar-refractivity contribution is 9.10. The molecule has 0 saturated heterocycles. The first-order chi connectivity index (χ1) is 7.31. The summed E-state index contributed by atoms with van der Waals surface area (Å²) in [5.41, 5.74) is 0. The van der Waals surface area contributed by atoms with Crippen molar-refractivity contribution in [2.75, 3.05) is 0 Å². The molecule has 0 aliphatic heterocycles. The Bertz CT molecular complexity index is 318. The van der Waals surface area contributed by atoms with Crippen LogP contribution in [0.3, 0.4) is 0 Å². The van der Waals surface area contributed by atoms with Crippen LogP contribution in [-0.4, -0.2) is 15.9 Å². The van der Waals surface area contributed by atoms with E-state index in [1.165, 1.54) is 32.1 Å². The first kappa shape index (κ1) is 11.0. The lowest BCUT2D eigenvalue weighted by molar-refractivity contribution is 0.153. The summed E-state index contributed by atoms with van der Waals surface area (Å²) in [6.45, 7) is 2.94. The normalized spacial score (nSPS) is 18.0. The zero-order valence-corrected chi connectivity index (χ0v) is 10.7. The highest BCUT2D eigenvalue weighted by Crippen LogP contribution is 2.29. The van der Waals surface area contributed by atoms with Gasteiger partial charge in [0.05, 0.1) is 12.3 Å². The second kappa shape index (κ2) is 5.01. The summed E-state index contributed by atoms with van der Waals surface area (Å²) in [5, 5.41) is 4.24. The summed E-state index contributed by atoms with van der Waals surface area (Å²) < 4.78 is 8.81. The second-order valence-electron chi connectivity index (χ2n) is 3.99. The molecular weight excluding hydrogens is 256 g/mol. The summed E-state index contributed by atoms with van der Waals surface area (Å²) in [6, 6.07) is 0. The lowest BCUT2D eigenvalue weighted by atomic mass is 9.98. The van der Waals surface area contributed by atoms with E-state index in [-0.39, 0.29) is 0 Å². The largest absolute Gasteiger partial charge is 0.486 e. The van der Waals surface area contributed by atoms with Crippen LogP contribution in [-0.2, 0) is 6.54 Å². The summed E-state index contributed by atoms with van der Waals surface area (Å²) in [5.74, 6) is 0.892. The minimum Gasteiger partial charge on any atom is -0.486 e. The van der Waals surface area contributed by atoms with Crippen LogP contribution in [0, 0.1) is 0 Å². The molecule has 15 heavy (non-hydrogen) atoms. The molecule has 84 valence electrons. The molecule has 1 heterocycles. The van der Waals surface area contributed by atoms with Crippen LogP contribution in [0.15, 0.2) is 10.8 Å². The number of rotatable bonds is 3. The van der Waals surface area contributed by atoms with Crippen LogP contribution < -0.4 is 4.74 Å². The van der Waals surface area contributed by atoms with Crippen molar-refractivity contribution in [3.8, 4) is 5.75 Å². The Kier molecular flexibility index (Phi) is 3.67. The standard InChI is InChI=1S/C11H17BrN2O/c1-2-14-11(12)10(8-13-14)15-9-6-4-3-5-7-9/h8-9H,2-7H2,1H3. The first-order valence-electron chi connectivity index (χ1n) is 5.69. The van der Waals surface area contributed by atoms with E-state index in [4.69, 9.17) is 4.74 Å². The van der Waals surface area contributed by atoms with Gasteiger partial charge in [0.1, 0.15) is 4.60 Å². The number of hydrogen-bond acceptors (Lipinski definition) is 2. The molecule has 1 aromatic rings. The predicted molar refractivity (Wildman–Crippen MR) is 63.1 cm³/mol. The van der Waals surface area contributed by atoms with E-state index in [0.717, 1.165) is 16.9 Å². The third kappa shape index (κ3) is 2.54. The van der Waals surface area contributed by atoms with Gasteiger partial charge in [0, 0.05) is 6.54 Å². The highest BCUT2D eigenvalue weighted by atomic mass is 79.9. The Morgan fingerprint density at radius 2 is 2.20 bits per heavy atom. The number of hydrogen-bond donors (Lipinski definition) is 0.